The van der Waals surface area contributed by atoms with Crippen LogP contribution in [-0.4, -0.2) is 16.0 Å². The predicted molar refractivity (Wildman–Crippen MR) is 95.4 cm³/mol. The zero-order chi connectivity index (χ0) is 16.8. The van der Waals surface area contributed by atoms with Gasteiger partial charge in [0.25, 0.3) is 5.91 Å². The Hall–Kier alpha value is -2.40. The maximum atomic E-state index is 10.9. The summed E-state index contributed by atoms with van der Waals surface area (Å²) in [5, 5.41) is 10.4. The number of amides is 1. The molecular formula is C18H17BrN2O2. The molecule has 0 atom stereocenters. The van der Waals surface area contributed by atoms with Crippen LogP contribution in [0.3, 0.4) is 0 Å². The number of aromatic nitrogens is 1. The maximum Gasteiger partial charge on any atom is 0.252 e. The zero-order valence-corrected chi connectivity index (χ0v) is 14.2. The molecule has 0 saturated carbocycles. The van der Waals surface area contributed by atoms with E-state index in [-0.39, 0.29) is 11.3 Å². The molecule has 3 rings (SSSR count). The Morgan fingerprint density at radius 3 is 2.48 bits per heavy atom. The monoisotopic (exact) mass is 372 g/mol. The summed E-state index contributed by atoms with van der Waals surface area (Å²) < 4.78 is 1.15. The second-order valence-electron chi connectivity index (χ2n) is 4.88. The summed E-state index contributed by atoms with van der Waals surface area (Å²) in [6.45, 7) is 2.16. The Labute approximate surface area is 143 Å². The lowest BCUT2D eigenvalue weighted by atomic mass is 10.1. The fraction of sp³-hybridized carbons (Fsp3) is 0.111. The van der Waals surface area contributed by atoms with Crippen LogP contribution >= 0.6 is 15.9 Å². The summed E-state index contributed by atoms with van der Waals surface area (Å²) in [5.74, 6) is -0.814. The van der Waals surface area contributed by atoms with Gasteiger partial charge in [0.2, 0.25) is 0 Å². The summed E-state index contributed by atoms with van der Waals surface area (Å²) in [5.41, 5.74) is 6.95. The third kappa shape index (κ3) is 4.29. The number of hydrogen-bond acceptors (Lipinski definition) is 3. The maximum absolute atomic E-state index is 10.9. The molecule has 1 heterocycles. The number of pyridine rings is 1. The molecule has 2 aromatic carbocycles. The first-order valence-corrected chi connectivity index (χ1v) is 7.93. The van der Waals surface area contributed by atoms with E-state index in [1.54, 1.807) is 24.4 Å². The average Bonchev–Trinajstić information content (AvgIpc) is 2.56. The van der Waals surface area contributed by atoms with E-state index in [9.17, 15) is 9.90 Å². The van der Waals surface area contributed by atoms with Gasteiger partial charge in [-0.2, -0.15) is 0 Å². The second kappa shape index (κ2) is 7.74. The van der Waals surface area contributed by atoms with Gasteiger partial charge in [-0.1, -0.05) is 47.1 Å². The lowest BCUT2D eigenvalue weighted by Crippen LogP contribution is -2.11. The third-order valence-corrected chi connectivity index (χ3v) is 3.86. The van der Waals surface area contributed by atoms with E-state index in [0.29, 0.717) is 5.52 Å². The number of aromatic hydroxyl groups is 1. The highest BCUT2D eigenvalue weighted by Gasteiger charge is 2.10. The van der Waals surface area contributed by atoms with Crippen molar-refractivity contribution in [2.24, 2.45) is 5.73 Å². The number of nitrogens with zero attached hydrogens (tertiary/aromatic N) is 1. The lowest BCUT2D eigenvalue weighted by Gasteiger charge is -2.03. The molecule has 1 amide bonds. The van der Waals surface area contributed by atoms with Crippen LogP contribution in [0.15, 0.2) is 59.2 Å². The van der Waals surface area contributed by atoms with Gasteiger partial charge in [-0.3, -0.25) is 9.78 Å². The van der Waals surface area contributed by atoms with Crippen LogP contribution < -0.4 is 5.73 Å². The van der Waals surface area contributed by atoms with E-state index >= 15 is 0 Å². The van der Waals surface area contributed by atoms with Crippen LogP contribution in [0.4, 0.5) is 0 Å². The van der Waals surface area contributed by atoms with Gasteiger partial charge in [-0.25, -0.2) is 0 Å². The molecule has 0 fully saturated rings. The van der Waals surface area contributed by atoms with Crippen molar-refractivity contribution in [1.82, 2.24) is 4.98 Å². The summed E-state index contributed by atoms with van der Waals surface area (Å²) >= 11 is 3.37. The molecule has 3 aromatic rings. The summed E-state index contributed by atoms with van der Waals surface area (Å²) in [6.07, 6.45) is 2.67. The molecule has 4 nitrogen and oxygen atoms in total. The van der Waals surface area contributed by atoms with E-state index in [1.165, 1.54) is 11.6 Å². The van der Waals surface area contributed by atoms with Crippen LogP contribution in [0.2, 0.25) is 0 Å². The topological polar surface area (TPSA) is 76.2 Å². The molecule has 0 bridgehead atoms. The van der Waals surface area contributed by atoms with E-state index in [0.717, 1.165) is 16.3 Å². The Balaban J connectivity index is 0.000000185. The molecule has 0 aliphatic carbocycles. The molecule has 23 heavy (non-hydrogen) atoms. The molecule has 0 radical (unpaired) electrons. The summed E-state index contributed by atoms with van der Waals surface area (Å²) in [7, 11) is 0. The minimum absolute atomic E-state index is 0.0937. The molecule has 0 saturated heterocycles. The van der Waals surface area contributed by atoms with Gasteiger partial charge in [0.05, 0.1) is 5.56 Å². The second-order valence-corrected chi connectivity index (χ2v) is 5.80. The number of halogens is 1. The Morgan fingerprint density at radius 1 is 1.17 bits per heavy atom. The number of carbonyl (C=O) groups is 1. The van der Waals surface area contributed by atoms with Crippen LogP contribution in [0.25, 0.3) is 10.9 Å². The number of aryl methyl sites for hydroxylation is 1. The minimum atomic E-state index is -0.657. The van der Waals surface area contributed by atoms with Gasteiger partial charge in [-0.15, -0.1) is 0 Å². The van der Waals surface area contributed by atoms with Crippen molar-refractivity contribution in [2.75, 3.05) is 0 Å². The number of hydrogen-bond donors (Lipinski definition) is 2. The number of rotatable bonds is 2. The molecule has 3 N–H and O–H groups in total. The van der Waals surface area contributed by atoms with Gasteiger partial charge < -0.3 is 10.8 Å². The van der Waals surface area contributed by atoms with E-state index in [4.69, 9.17) is 5.73 Å². The van der Waals surface area contributed by atoms with E-state index in [2.05, 4.69) is 52.1 Å². The van der Waals surface area contributed by atoms with Gasteiger partial charge >= 0.3 is 0 Å². The number of phenols is 1. The number of carbonyl (C=O) groups excluding carboxylic acids is 1. The van der Waals surface area contributed by atoms with Crippen molar-refractivity contribution in [2.45, 2.75) is 13.3 Å². The molecule has 1 aromatic heterocycles. The van der Waals surface area contributed by atoms with Crippen molar-refractivity contribution in [3.05, 3.63) is 70.3 Å². The number of primary amides is 1. The van der Waals surface area contributed by atoms with E-state index < -0.39 is 5.91 Å². The molecule has 0 aliphatic heterocycles. The normalized spacial score (nSPS) is 10.0. The smallest absolute Gasteiger partial charge is 0.252 e. The summed E-state index contributed by atoms with van der Waals surface area (Å²) in [6, 6.07) is 15.1. The van der Waals surface area contributed by atoms with Crippen molar-refractivity contribution in [3.63, 3.8) is 0 Å². The standard InChI is InChI=1S/C10H8N2O2.C8H9Br/c11-10(14)7-4-3-6-2-1-5-12-8(6)9(7)13;1-2-7-3-5-8(9)6-4-7/h1-5,13H,(H2,11,14);3-6H,2H2,1H3. The van der Waals surface area contributed by atoms with Crippen molar-refractivity contribution >= 4 is 32.7 Å². The lowest BCUT2D eigenvalue weighted by molar-refractivity contribution is 0.0998. The fourth-order valence-electron chi connectivity index (χ4n) is 2.05. The molecule has 0 spiro atoms. The number of fused-ring (bicyclic) bond motifs is 1. The quantitative estimate of drug-likeness (QED) is 0.712. The Bertz CT molecular complexity index is 817. The number of nitrogens with two attached hydrogens (primary N) is 1. The Morgan fingerprint density at radius 2 is 1.87 bits per heavy atom. The van der Waals surface area contributed by atoms with Crippen LogP contribution in [0.5, 0.6) is 5.75 Å². The SMILES string of the molecule is CCc1ccc(Br)cc1.NC(=O)c1ccc2cccnc2c1O. The molecule has 5 heteroatoms. The van der Waals surface area contributed by atoms with Crippen molar-refractivity contribution < 1.29 is 9.90 Å². The van der Waals surface area contributed by atoms with Crippen LogP contribution in [0.1, 0.15) is 22.8 Å². The van der Waals surface area contributed by atoms with Gasteiger partial charge in [0, 0.05) is 16.1 Å². The predicted octanol–water partition coefficient (Wildman–Crippen LogP) is 4.05. The highest BCUT2D eigenvalue weighted by Crippen LogP contribution is 2.25. The molecule has 0 unspecified atom stereocenters. The molecule has 118 valence electrons. The largest absolute Gasteiger partial charge is 0.505 e. The highest BCUT2D eigenvalue weighted by atomic mass is 79.9. The van der Waals surface area contributed by atoms with Gasteiger partial charge in [-0.05, 0) is 36.2 Å². The fourth-order valence-corrected chi connectivity index (χ4v) is 2.31. The van der Waals surface area contributed by atoms with Gasteiger partial charge in [0.15, 0.2) is 5.75 Å². The summed E-state index contributed by atoms with van der Waals surface area (Å²) in [4.78, 5) is 14.9. The molecule has 0 aliphatic rings. The third-order valence-electron chi connectivity index (χ3n) is 3.33. The number of benzene rings is 2. The first-order chi connectivity index (χ1) is 11.0. The van der Waals surface area contributed by atoms with Crippen molar-refractivity contribution in [3.8, 4) is 5.75 Å². The van der Waals surface area contributed by atoms with Gasteiger partial charge in [0.1, 0.15) is 5.52 Å². The highest BCUT2D eigenvalue weighted by molar-refractivity contribution is 9.10. The van der Waals surface area contributed by atoms with Crippen LogP contribution in [0, 0.1) is 0 Å². The minimum Gasteiger partial charge on any atom is -0.505 e. The van der Waals surface area contributed by atoms with E-state index in [1.807, 2.05) is 0 Å². The average molecular weight is 373 g/mol. The first kappa shape index (κ1) is 17.0. The van der Waals surface area contributed by atoms with Crippen LogP contribution in [-0.2, 0) is 6.42 Å². The first-order valence-electron chi connectivity index (χ1n) is 7.14. The Kier molecular flexibility index (Phi) is 5.71. The van der Waals surface area contributed by atoms with Crippen molar-refractivity contribution in [1.29, 1.82) is 0 Å². The molecular weight excluding hydrogens is 356 g/mol. The zero-order valence-electron chi connectivity index (χ0n) is 12.7.